The zero-order valence-electron chi connectivity index (χ0n) is 15.0. The van der Waals surface area contributed by atoms with Gasteiger partial charge in [0.05, 0.1) is 11.8 Å². The summed E-state index contributed by atoms with van der Waals surface area (Å²) in [6.07, 6.45) is 1.13. The molecule has 1 unspecified atom stereocenters. The third-order valence-electron chi connectivity index (χ3n) is 4.09. The highest BCUT2D eigenvalue weighted by Crippen LogP contribution is 2.13. The normalized spacial score (nSPS) is 12.2. The van der Waals surface area contributed by atoms with Crippen LogP contribution in [0.25, 0.3) is 16.7 Å². The number of aliphatic hydroxyl groups is 1. The van der Waals surface area contributed by atoms with Crippen LogP contribution in [0.5, 0.6) is 0 Å². The second-order valence-electron chi connectivity index (χ2n) is 6.40. The van der Waals surface area contributed by atoms with Crippen molar-refractivity contribution >= 4 is 17.0 Å². The molecular weight excluding hydrogens is 346 g/mol. The average Bonchev–Trinajstić information content (AvgIpc) is 2.99. The fourth-order valence-corrected chi connectivity index (χ4v) is 2.77. The number of nitrogens with one attached hydrogen (secondary N) is 4. The molecule has 0 bridgehead atoms. The van der Waals surface area contributed by atoms with Gasteiger partial charge in [0.15, 0.2) is 5.96 Å². The Bertz CT molecular complexity index is 991. The molecule has 3 rings (SSSR count). The van der Waals surface area contributed by atoms with Gasteiger partial charge in [-0.15, -0.1) is 0 Å². The van der Waals surface area contributed by atoms with Crippen molar-refractivity contribution in [1.29, 1.82) is 5.41 Å². The molecule has 3 aromatic rings. The van der Waals surface area contributed by atoms with Gasteiger partial charge >= 0.3 is 5.69 Å². The molecule has 2 heterocycles. The summed E-state index contributed by atoms with van der Waals surface area (Å²) in [7, 11) is 0. The third kappa shape index (κ3) is 4.72. The van der Waals surface area contributed by atoms with Crippen molar-refractivity contribution in [3.63, 3.8) is 0 Å². The van der Waals surface area contributed by atoms with Crippen LogP contribution in [-0.2, 0) is 6.54 Å². The molecule has 0 fully saturated rings. The van der Waals surface area contributed by atoms with Gasteiger partial charge in [0.1, 0.15) is 5.65 Å². The van der Waals surface area contributed by atoms with Gasteiger partial charge in [-0.1, -0.05) is 12.1 Å². The number of nitrogens with zero attached hydrogens (tertiary/aromatic N) is 2. The van der Waals surface area contributed by atoms with Crippen LogP contribution in [0.2, 0.25) is 0 Å². The van der Waals surface area contributed by atoms with E-state index in [0.29, 0.717) is 18.7 Å². The van der Waals surface area contributed by atoms with Gasteiger partial charge in [-0.05, 0) is 30.7 Å². The lowest BCUT2D eigenvalue weighted by molar-refractivity contribution is 0.174. The molecule has 1 atom stereocenters. The maximum Gasteiger partial charge on any atom is 0.354 e. The van der Waals surface area contributed by atoms with Crippen molar-refractivity contribution in [2.45, 2.75) is 19.6 Å². The number of hydrogen-bond acceptors (Lipinski definition) is 5. The van der Waals surface area contributed by atoms with E-state index < -0.39 is 6.10 Å². The number of aliphatic hydroxyl groups excluding tert-OH is 1. The molecule has 0 spiro atoms. The smallest absolute Gasteiger partial charge is 0.354 e. The Morgan fingerprint density at radius 2 is 2.11 bits per heavy atom. The number of aryl methyl sites for hydroxylation is 1. The van der Waals surface area contributed by atoms with E-state index in [1.807, 2.05) is 37.3 Å². The summed E-state index contributed by atoms with van der Waals surface area (Å²) in [5.41, 5.74) is 8.14. The molecule has 0 saturated heterocycles. The molecular formula is C18H23N7O2. The molecule has 0 aliphatic rings. The summed E-state index contributed by atoms with van der Waals surface area (Å²) in [6.45, 7) is 3.08. The molecule has 0 saturated carbocycles. The van der Waals surface area contributed by atoms with E-state index in [9.17, 15) is 9.90 Å². The van der Waals surface area contributed by atoms with Gasteiger partial charge in [0.2, 0.25) is 0 Å². The zero-order valence-corrected chi connectivity index (χ0v) is 15.0. The number of H-pyrrole nitrogens is 1. The van der Waals surface area contributed by atoms with Crippen LogP contribution in [0.1, 0.15) is 11.3 Å². The van der Waals surface area contributed by atoms with E-state index in [4.69, 9.17) is 11.1 Å². The van der Waals surface area contributed by atoms with Gasteiger partial charge in [0.25, 0.3) is 0 Å². The molecule has 1 aromatic carbocycles. The number of aromatic amines is 1. The summed E-state index contributed by atoms with van der Waals surface area (Å²) >= 11 is 0. The van der Waals surface area contributed by atoms with Crippen LogP contribution in [0.15, 0.2) is 41.3 Å². The largest absolute Gasteiger partial charge is 0.390 e. The Morgan fingerprint density at radius 3 is 2.81 bits per heavy atom. The number of guanidine groups is 1. The lowest BCUT2D eigenvalue weighted by Crippen LogP contribution is -2.40. The molecule has 0 aliphatic carbocycles. The number of nitrogens with two attached hydrogens (primary N) is 1. The number of fused-ring (bicyclic) bond motifs is 1. The quantitative estimate of drug-likeness (QED) is 0.254. The predicted molar refractivity (Wildman–Crippen MR) is 104 cm³/mol. The van der Waals surface area contributed by atoms with Crippen molar-refractivity contribution in [3.05, 3.63) is 58.3 Å². The Balaban J connectivity index is 1.63. The first-order valence-corrected chi connectivity index (χ1v) is 8.57. The van der Waals surface area contributed by atoms with E-state index >= 15 is 0 Å². The molecule has 0 amide bonds. The van der Waals surface area contributed by atoms with E-state index in [0.717, 1.165) is 22.3 Å². The van der Waals surface area contributed by atoms with E-state index in [-0.39, 0.29) is 18.2 Å². The summed E-state index contributed by atoms with van der Waals surface area (Å²) in [5.74, 6) is -0.164. The fraction of sp³-hybridized carbons (Fsp3) is 0.278. The van der Waals surface area contributed by atoms with Crippen molar-refractivity contribution in [1.82, 2.24) is 25.2 Å². The highest BCUT2D eigenvalue weighted by atomic mass is 16.3. The Hall–Kier alpha value is -3.17. The van der Waals surface area contributed by atoms with Crippen molar-refractivity contribution in [2.75, 3.05) is 13.1 Å². The van der Waals surface area contributed by atoms with Gasteiger partial charge in [-0.25, -0.2) is 4.79 Å². The third-order valence-corrected chi connectivity index (χ3v) is 4.09. The maximum absolute atomic E-state index is 12.2. The molecule has 142 valence electrons. The zero-order chi connectivity index (χ0) is 19.4. The lowest BCUT2D eigenvalue weighted by Gasteiger charge is -2.13. The Morgan fingerprint density at radius 1 is 1.37 bits per heavy atom. The van der Waals surface area contributed by atoms with E-state index in [1.165, 1.54) is 4.57 Å². The van der Waals surface area contributed by atoms with Gasteiger partial charge < -0.3 is 26.5 Å². The highest BCUT2D eigenvalue weighted by Gasteiger charge is 2.07. The number of hydrogen-bond donors (Lipinski definition) is 6. The monoisotopic (exact) mass is 369 g/mol. The first kappa shape index (κ1) is 18.6. The van der Waals surface area contributed by atoms with Crippen molar-refractivity contribution in [3.8, 4) is 5.69 Å². The second kappa shape index (κ2) is 8.02. The number of aromatic nitrogens is 3. The number of rotatable bonds is 7. The second-order valence-corrected chi connectivity index (χ2v) is 6.40. The van der Waals surface area contributed by atoms with Crippen LogP contribution >= 0.6 is 0 Å². The minimum Gasteiger partial charge on any atom is -0.390 e. The van der Waals surface area contributed by atoms with Crippen LogP contribution in [0.4, 0.5) is 0 Å². The highest BCUT2D eigenvalue weighted by molar-refractivity contribution is 5.75. The van der Waals surface area contributed by atoms with Gasteiger partial charge in [0, 0.05) is 36.9 Å². The molecule has 0 aliphatic heterocycles. The average molecular weight is 369 g/mol. The van der Waals surface area contributed by atoms with E-state index in [2.05, 4.69) is 20.6 Å². The number of benzene rings is 1. The first-order chi connectivity index (χ1) is 12.9. The first-order valence-electron chi connectivity index (χ1n) is 8.57. The molecule has 7 N–H and O–H groups in total. The van der Waals surface area contributed by atoms with Crippen LogP contribution in [-0.4, -0.2) is 44.8 Å². The topological polar surface area (TPSA) is 145 Å². The van der Waals surface area contributed by atoms with Crippen molar-refractivity contribution in [2.24, 2.45) is 5.73 Å². The minimum absolute atomic E-state index is 0.164. The Labute approximate surface area is 155 Å². The van der Waals surface area contributed by atoms with Crippen LogP contribution in [0.3, 0.4) is 0 Å². The maximum atomic E-state index is 12.2. The molecule has 9 nitrogen and oxygen atoms in total. The summed E-state index contributed by atoms with van der Waals surface area (Å²) in [6, 6.07) is 9.50. The summed E-state index contributed by atoms with van der Waals surface area (Å²) in [4.78, 5) is 19.4. The summed E-state index contributed by atoms with van der Waals surface area (Å²) < 4.78 is 1.52. The lowest BCUT2D eigenvalue weighted by atomic mass is 10.2. The van der Waals surface area contributed by atoms with Gasteiger partial charge in [-0.2, -0.15) is 4.98 Å². The molecule has 0 radical (unpaired) electrons. The standard InChI is InChI=1S/C18H23N7O2/c1-11-6-13-10-25(18(27)24-16(13)23-11)14-4-2-12(3-5-14)7-21-8-15(26)9-22-17(19)20/h2-6,10,15,21,26H,7-9H2,1H3,(H4,19,20,22)(H,23,24,27). The minimum atomic E-state index is -0.644. The van der Waals surface area contributed by atoms with E-state index in [1.54, 1.807) is 6.20 Å². The summed E-state index contributed by atoms with van der Waals surface area (Å²) in [5, 5.41) is 23.4. The predicted octanol–water partition coefficient (Wildman–Crippen LogP) is -0.0442. The molecule has 9 heteroatoms. The SMILES string of the molecule is Cc1cc2cn(-c3ccc(CNCC(O)CNC(=N)N)cc3)c(=O)nc2[nH]1. The van der Waals surface area contributed by atoms with Gasteiger partial charge in [-0.3, -0.25) is 9.98 Å². The van der Waals surface area contributed by atoms with Crippen LogP contribution in [0, 0.1) is 12.3 Å². The Kier molecular flexibility index (Phi) is 5.53. The fourth-order valence-electron chi connectivity index (χ4n) is 2.77. The van der Waals surface area contributed by atoms with Crippen molar-refractivity contribution < 1.29 is 5.11 Å². The molecule has 27 heavy (non-hydrogen) atoms. The molecule has 2 aromatic heterocycles. The van der Waals surface area contributed by atoms with Crippen LogP contribution < -0.4 is 22.1 Å².